The second-order valence-electron chi connectivity index (χ2n) is 27.4. The van der Waals surface area contributed by atoms with Crippen LogP contribution in [0.1, 0.15) is 152 Å². The molecule has 1 aromatic rings. The number of amides is 10. The van der Waals surface area contributed by atoms with Gasteiger partial charge in [-0.3, -0.25) is 52.7 Å². The summed E-state index contributed by atoms with van der Waals surface area (Å²) in [6.07, 6.45) is 8.43. The molecule has 23 nitrogen and oxygen atoms in total. The minimum absolute atomic E-state index is 0.000991. The average molecular weight is 1320 g/mol. The van der Waals surface area contributed by atoms with Gasteiger partial charge in [-0.05, 0) is 162 Å². The van der Waals surface area contributed by atoms with E-state index in [9.17, 15) is 43.2 Å². The SMILES string of the molecule is CC(C)C(=O)NCC[C@@H]1NC(=O)C2=CC3=C4CCCC4=C4C=C(S[C@@]4(C)[C@]3(C)S2)C(=O)[C@H]2CCCN2C(=O)[C@H](C(C)C)NC(=O)[C@@H](CCCN)NC(=O)[C@@H](C(C)C)NC(=O)[C@@H]2CCCN2C(=O)[C@@H](Cc2ccccc2)NC(=O)[C@H](C(C)C)NC(=O)[C@@H](CCCN)NC1=O. The average Bonchev–Trinajstić information content (AvgIpc) is 1.54. The number of fused-ring (bicyclic) bond motifs is 5. The highest BCUT2D eigenvalue weighted by atomic mass is 32.2. The maximum absolute atomic E-state index is 15.2. The Hall–Kier alpha value is -6.83. The molecule has 4 fully saturated rings. The highest BCUT2D eigenvalue weighted by Crippen LogP contribution is 2.68. The summed E-state index contributed by atoms with van der Waals surface area (Å²) in [7, 11) is 0. The maximum atomic E-state index is 15.2. The molecule has 1 saturated carbocycles. The molecule has 8 rings (SSSR count). The molecule has 0 radical (unpaired) electrons. The van der Waals surface area contributed by atoms with Crippen LogP contribution in [0.4, 0.5) is 0 Å². The van der Waals surface area contributed by atoms with Crippen molar-refractivity contribution in [2.75, 3.05) is 32.7 Å². The van der Waals surface area contributed by atoms with Crippen LogP contribution in [-0.4, -0.2) is 171 Å². The molecule has 11 atom stereocenters. The highest BCUT2D eigenvalue weighted by Gasteiger charge is 2.61. The number of benzene rings is 1. The number of Topliss-reactive ketones (excluding diaryl/α,β-unsaturated/α-hetero) is 1. The summed E-state index contributed by atoms with van der Waals surface area (Å²) in [6, 6.07) is -1.48. The Kier molecular flexibility index (Phi) is 24.1. The van der Waals surface area contributed by atoms with Crippen molar-refractivity contribution in [1.82, 2.24) is 52.3 Å². The van der Waals surface area contributed by atoms with Gasteiger partial charge in [0.05, 0.1) is 25.3 Å². The Morgan fingerprint density at radius 1 is 0.548 bits per heavy atom. The van der Waals surface area contributed by atoms with E-state index in [4.69, 9.17) is 11.5 Å². The van der Waals surface area contributed by atoms with E-state index < -0.39 is 135 Å². The Bertz CT molecular complexity index is 3200. The van der Waals surface area contributed by atoms with Gasteiger partial charge in [0, 0.05) is 32.0 Å². The van der Waals surface area contributed by atoms with Gasteiger partial charge >= 0.3 is 0 Å². The lowest BCUT2D eigenvalue weighted by Crippen LogP contribution is -2.61. The second kappa shape index (κ2) is 31.2. The van der Waals surface area contributed by atoms with E-state index in [-0.39, 0.29) is 88.9 Å². The lowest BCUT2D eigenvalue weighted by Gasteiger charge is -2.47. The van der Waals surface area contributed by atoms with Crippen LogP contribution in [0.25, 0.3) is 0 Å². The van der Waals surface area contributed by atoms with Crippen LogP contribution >= 0.6 is 23.5 Å². The predicted molar refractivity (Wildman–Crippen MR) is 358 cm³/mol. The van der Waals surface area contributed by atoms with Crippen LogP contribution < -0.4 is 54.0 Å². The molecule has 10 amide bonds. The van der Waals surface area contributed by atoms with E-state index in [0.29, 0.717) is 41.1 Å². The highest BCUT2D eigenvalue weighted by molar-refractivity contribution is 8.10. The topological polar surface area (TPSA) is 343 Å². The molecule has 7 aliphatic rings. The van der Waals surface area contributed by atoms with E-state index in [0.717, 1.165) is 41.6 Å². The molecular formula is C68H98N12O11S2. The first-order chi connectivity index (χ1) is 44.1. The summed E-state index contributed by atoms with van der Waals surface area (Å²) in [5, 5.41) is 23.1. The van der Waals surface area contributed by atoms with E-state index in [1.807, 2.05) is 18.2 Å². The van der Waals surface area contributed by atoms with E-state index in [2.05, 4.69) is 56.4 Å². The van der Waals surface area contributed by atoms with Crippen molar-refractivity contribution in [3.8, 4) is 0 Å². The molecular weight excluding hydrogens is 1220 g/mol. The van der Waals surface area contributed by atoms with Crippen molar-refractivity contribution in [1.29, 1.82) is 0 Å². The maximum Gasteiger partial charge on any atom is 0.258 e. The standard InChI is InChI=1S/C68H98N12O11S2/c1-36(2)53-64(89)75-48(33-40-19-12-11-13-20-40)65(90)80-32-18-26-50(80)61(86)77-54(37(3)4)63(88)74-46(24-16-29-70)60(85)78-55(38(5)6)66(91)79-31-17-25-49(79)56(81)51-34-43-41-21-14-22-42(41)44-35-52(93-68(44,10)67(43,9)92-51)62(87)73-47(27-30-71-57(82)39(7)8)58(83)72-45(23-15-28-69)59(84)76-53/h11-13,19-20,34-39,45-50,53-55H,14-18,21-33,69-70H2,1-10H3,(H,71,82)(H,72,83)(H,73,87)(H,74,88)(H,75,89)(H,76,84)(H,77,86)(H,78,85)/t45-,46-,47+,48-,49-,50+,53+,54-,55+,67-,68-/m1/s1. The molecule has 0 spiro atoms. The number of thioether (sulfide) groups is 2. The first-order valence-electron chi connectivity index (χ1n) is 33.4. The Balaban J connectivity index is 1.16. The number of nitrogens with one attached hydrogen (secondary N) is 8. The van der Waals surface area contributed by atoms with Crippen molar-refractivity contribution >= 4 is 88.4 Å². The minimum Gasteiger partial charge on any atom is -0.356 e. The zero-order valence-corrected chi connectivity index (χ0v) is 57.3. The summed E-state index contributed by atoms with van der Waals surface area (Å²) in [6.45, 7) is 18.8. The van der Waals surface area contributed by atoms with E-state index in [1.165, 1.54) is 28.4 Å². The third-order valence-electron chi connectivity index (χ3n) is 19.3. The molecule has 3 saturated heterocycles. The molecule has 508 valence electrons. The van der Waals surface area contributed by atoms with Crippen molar-refractivity contribution in [3.63, 3.8) is 0 Å². The van der Waals surface area contributed by atoms with E-state index >= 15 is 9.59 Å². The third-order valence-corrected chi connectivity index (χ3v) is 22.6. The van der Waals surface area contributed by atoms with Gasteiger partial charge in [0.2, 0.25) is 53.2 Å². The number of nitrogens with zero attached hydrogens (tertiary/aromatic N) is 2. The smallest absolute Gasteiger partial charge is 0.258 e. The zero-order valence-electron chi connectivity index (χ0n) is 55.6. The second-order valence-corrected chi connectivity index (χ2v) is 30.3. The van der Waals surface area contributed by atoms with Gasteiger partial charge in [-0.2, -0.15) is 0 Å². The zero-order chi connectivity index (χ0) is 67.8. The summed E-state index contributed by atoms with van der Waals surface area (Å²) < 4.78 is -1.60. The van der Waals surface area contributed by atoms with Crippen molar-refractivity contribution < 1.29 is 52.7 Å². The van der Waals surface area contributed by atoms with Crippen LogP contribution in [0.5, 0.6) is 0 Å². The fraction of sp³-hybridized carbons (Fsp3) is 0.632. The molecule has 93 heavy (non-hydrogen) atoms. The van der Waals surface area contributed by atoms with Gasteiger partial charge in [-0.15, -0.1) is 23.5 Å². The number of nitrogens with two attached hydrogens (primary N) is 2. The number of allylic oxidation sites excluding steroid dienone is 4. The van der Waals surface area contributed by atoms with Crippen LogP contribution in [0.2, 0.25) is 0 Å². The lowest BCUT2D eigenvalue weighted by molar-refractivity contribution is -0.143. The van der Waals surface area contributed by atoms with E-state index in [1.54, 1.807) is 84.6 Å². The van der Waals surface area contributed by atoms with Crippen LogP contribution in [-0.2, 0) is 59.2 Å². The summed E-state index contributed by atoms with van der Waals surface area (Å²) >= 11 is 2.77. The van der Waals surface area contributed by atoms with Gasteiger partial charge in [-0.25, -0.2) is 0 Å². The molecule has 0 unspecified atom stereocenters. The van der Waals surface area contributed by atoms with Crippen molar-refractivity contribution in [3.05, 3.63) is 80.2 Å². The lowest BCUT2D eigenvalue weighted by atomic mass is 9.72. The van der Waals surface area contributed by atoms with Crippen LogP contribution in [0.3, 0.4) is 0 Å². The molecule has 5 heterocycles. The molecule has 25 heteroatoms. The van der Waals surface area contributed by atoms with Gasteiger partial charge in [0.15, 0.2) is 5.78 Å². The largest absolute Gasteiger partial charge is 0.356 e. The summed E-state index contributed by atoms with van der Waals surface area (Å²) in [4.78, 5) is 165. The number of rotatable bonds is 15. The molecule has 12 N–H and O–H groups in total. The Labute approximate surface area is 555 Å². The molecule has 4 bridgehead atoms. The van der Waals surface area contributed by atoms with Gasteiger partial charge in [0.25, 0.3) is 5.91 Å². The molecule has 1 aromatic carbocycles. The summed E-state index contributed by atoms with van der Waals surface area (Å²) in [5.74, 6) is -8.11. The van der Waals surface area contributed by atoms with Crippen LogP contribution in [0, 0.1) is 23.7 Å². The Morgan fingerprint density at radius 3 is 1.55 bits per heavy atom. The van der Waals surface area contributed by atoms with Gasteiger partial charge < -0.3 is 63.8 Å². The summed E-state index contributed by atoms with van der Waals surface area (Å²) in [5.41, 5.74) is 16.8. The van der Waals surface area contributed by atoms with Crippen molar-refractivity contribution in [2.45, 2.75) is 217 Å². The third kappa shape index (κ3) is 16.0. The Morgan fingerprint density at radius 2 is 1.01 bits per heavy atom. The fourth-order valence-corrected chi connectivity index (χ4v) is 16.8. The molecule has 2 aliphatic carbocycles. The van der Waals surface area contributed by atoms with Crippen molar-refractivity contribution in [2.24, 2.45) is 35.1 Å². The predicted octanol–water partition coefficient (Wildman–Crippen LogP) is 3.37. The number of ketones is 1. The van der Waals surface area contributed by atoms with Gasteiger partial charge in [-0.1, -0.05) is 85.7 Å². The molecule has 0 aromatic heterocycles. The number of hydrogen-bond donors (Lipinski definition) is 10. The minimum atomic E-state index is -1.29. The quantitative estimate of drug-likeness (QED) is 0.120. The number of carbonyl (C=O) groups excluding carboxylic acids is 11. The monoisotopic (exact) mass is 1320 g/mol. The normalized spacial score (nSPS) is 29.8. The fourth-order valence-electron chi connectivity index (χ4n) is 13.7. The van der Waals surface area contributed by atoms with Crippen LogP contribution in [0.15, 0.2) is 74.6 Å². The number of hydrogen-bond acceptors (Lipinski definition) is 15. The first-order valence-corrected chi connectivity index (χ1v) is 35.1. The van der Waals surface area contributed by atoms with Gasteiger partial charge in [0.1, 0.15) is 48.3 Å². The first kappa shape index (κ1) is 72.0. The number of carbonyl (C=O) groups is 11. The molecule has 5 aliphatic heterocycles.